The van der Waals surface area contributed by atoms with Crippen molar-refractivity contribution in [3.63, 3.8) is 0 Å². The number of phenols is 1. The molecule has 0 aliphatic rings. The molecule has 4 heteroatoms. The molecule has 0 fully saturated rings. The van der Waals surface area contributed by atoms with Crippen molar-refractivity contribution < 1.29 is 15.0 Å². The van der Waals surface area contributed by atoms with Crippen molar-refractivity contribution in [3.05, 3.63) is 34.3 Å². The number of carbonyl (C=O) groups is 1. The van der Waals surface area contributed by atoms with E-state index in [9.17, 15) is 4.79 Å². The summed E-state index contributed by atoms with van der Waals surface area (Å²) in [7, 11) is 0. The highest BCUT2D eigenvalue weighted by Gasteiger charge is 1.97. The topological polar surface area (TPSA) is 57.5 Å². The molecular weight excluding hydrogens is 236 g/mol. The summed E-state index contributed by atoms with van der Waals surface area (Å²) in [5.41, 5.74) is 0.627. The molecule has 0 heterocycles. The minimum absolute atomic E-state index is 0.105. The first-order valence-electron chi connectivity index (χ1n) is 3.49. The predicted molar refractivity (Wildman–Crippen MR) is 52.5 cm³/mol. The van der Waals surface area contributed by atoms with Crippen LogP contribution in [0.5, 0.6) is 5.75 Å². The Morgan fingerprint density at radius 2 is 2.15 bits per heavy atom. The van der Waals surface area contributed by atoms with E-state index in [4.69, 9.17) is 10.2 Å². The van der Waals surface area contributed by atoms with Crippen molar-refractivity contribution in [2.45, 2.75) is 0 Å². The highest BCUT2D eigenvalue weighted by molar-refractivity contribution is 9.10. The van der Waals surface area contributed by atoms with Gasteiger partial charge in [-0.3, -0.25) is 0 Å². The van der Waals surface area contributed by atoms with Gasteiger partial charge in [0.05, 0.1) is 0 Å². The summed E-state index contributed by atoms with van der Waals surface area (Å²) in [5.74, 6) is -0.913. The summed E-state index contributed by atoms with van der Waals surface area (Å²) in [6.07, 6.45) is 2.42. The minimum atomic E-state index is -1.02. The van der Waals surface area contributed by atoms with E-state index in [1.807, 2.05) is 0 Å². The minimum Gasteiger partial charge on any atom is -0.508 e. The van der Waals surface area contributed by atoms with Crippen LogP contribution in [0.25, 0.3) is 6.08 Å². The summed E-state index contributed by atoms with van der Waals surface area (Å²) in [5, 5.41) is 17.5. The normalized spacial score (nSPS) is 10.5. The smallest absolute Gasteiger partial charge is 0.328 e. The van der Waals surface area contributed by atoms with E-state index in [0.29, 0.717) is 5.56 Å². The molecule has 0 unspecified atom stereocenters. The van der Waals surface area contributed by atoms with Crippen LogP contribution in [0.4, 0.5) is 0 Å². The Morgan fingerprint density at radius 3 is 2.77 bits per heavy atom. The lowest BCUT2D eigenvalue weighted by molar-refractivity contribution is -0.131. The lowest BCUT2D eigenvalue weighted by Gasteiger charge is -1.98. The maximum absolute atomic E-state index is 10.2. The van der Waals surface area contributed by atoms with Crippen molar-refractivity contribution in [2.24, 2.45) is 0 Å². The number of hydrogen-bond acceptors (Lipinski definition) is 2. The monoisotopic (exact) mass is 242 g/mol. The zero-order valence-corrected chi connectivity index (χ0v) is 8.15. The average molecular weight is 243 g/mol. The van der Waals surface area contributed by atoms with E-state index < -0.39 is 5.97 Å². The molecule has 0 aromatic heterocycles. The molecule has 0 spiro atoms. The van der Waals surface area contributed by atoms with Crippen molar-refractivity contribution in [3.8, 4) is 5.75 Å². The lowest BCUT2D eigenvalue weighted by Crippen LogP contribution is -1.86. The molecular formula is C9H7BrO3. The number of carboxylic acid groups (broad SMARTS) is 1. The molecule has 1 rings (SSSR count). The maximum Gasteiger partial charge on any atom is 0.328 e. The first kappa shape index (κ1) is 9.80. The standard InChI is InChI=1S/C9H7BrO3/c10-8-3-2-7(11)5-6(8)1-4-9(12)13/h1-5,11H,(H,12,13)/b4-1+. The number of halogens is 1. The molecule has 1 aromatic rings. The SMILES string of the molecule is O=C(O)/C=C/c1cc(O)ccc1Br. The molecule has 1 aromatic carbocycles. The second-order valence-corrected chi connectivity index (χ2v) is 3.23. The van der Waals surface area contributed by atoms with E-state index in [1.54, 1.807) is 6.07 Å². The fourth-order valence-corrected chi connectivity index (χ4v) is 1.20. The summed E-state index contributed by atoms with van der Waals surface area (Å²) in [6.45, 7) is 0. The van der Waals surface area contributed by atoms with Gasteiger partial charge >= 0.3 is 5.97 Å². The zero-order valence-electron chi connectivity index (χ0n) is 6.57. The average Bonchev–Trinajstić information content (AvgIpc) is 2.06. The van der Waals surface area contributed by atoms with Crippen LogP contribution in [0.1, 0.15) is 5.56 Å². The van der Waals surface area contributed by atoms with Crippen LogP contribution in [0.15, 0.2) is 28.7 Å². The molecule has 0 saturated heterocycles. The van der Waals surface area contributed by atoms with Gasteiger partial charge in [-0.15, -0.1) is 0 Å². The van der Waals surface area contributed by atoms with Crippen molar-refractivity contribution in [2.75, 3.05) is 0 Å². The van der Waals surface area contributed by atoms with Gasteiger partial charge in [-0.2, -0.15) is 0 Å². The summed E-state index contributed by atoms with van der Waals surface area (Å²) >= 11 is 3.23. The van der Waals surface area contributed by atoms with Crippen molar-refractivity contribution in [1.82, 2.24) is 0 Å². The highest BCUT2D eigenvalue weighted by Crippen LogP contribution is 2.22. The van der Waals surface area contributed by atoms with E-state index in [1.165, 1.54) is 18.2 Å². The van der Waals surface area contributed by atoms with Gasteiger partial charge in [-0.1, -0.05) is 15.9 Å². The van der Waals surface area contributed by atoms with Crippen LogP contribution >= 0.6 is 15.9 Å². The van der Waals surface area contributed by atoms with Gasteiger partial charge in [0.2, 0.25) is 0 Å². The summed E-state index contributed by atoms with van der Waals surface area (Å²) in [6, 6.07) is 4.64. The Hall–Kier alpha value is -1.29. The maximum atomic E-state index is 10.2. The lowest BCUT2D eigenvalue weighted by atomic mass is 10.2. The van der Waals surface area contributed by atoms with E-state index in [-0.39, 0.29) is 5.75 Å². The first-order chi connectivity index (χ1) is 6.09. The van der Waals surface area contributed by atoms with Gasteiger partial charge in [0, 0.05) is 10.5 Å². The molecule has 0 saturated carbocycles. The molecule has 0 amide bonds. The fourth-order valence-electron chi connectivity index (χ4n) is 0.820. The van der Waals surface area contributed by atoms with Crippen LogP contribution in [-0.4, -0.2) is 16.2 Å². The molecule has 3 nitrogen and oxygen atoms in total. The Labute approximate surface area is 83.5 Å². The summed E-state index contributed by atoms with van der Waals surface area (Å²) < 4.78 is 0.739. The quantitative estimate of drug-likeness (QED) is 0.783. The number of rotatable bonds is 2. The van der Waals surface area contributed by atoms with Gasteiger partial charge in [-0.25, -0.2) is 4.79 Å². The zero-order chi connectivity index (χ0) is 9.84. The number of aromatic hydroxyl groups is 1. The van der Waals surface area contributed by atoms with E-state index in [0.717, 1.165) is 10.5 Å². The van der Waals surface area contributed by atoms with Crippen LogP contribution < -0.4 is 0 Å². The Kier molecular flexibility index (Phi) is 3.08. The third kappa shape index (κ3) is 2.91. The number of carboxylic acids is 1. The third-order valence-electron chi connectivity index (χ3n) is 1.39. The van der Waals surface area contributed by atoms with Crippen molar-refractivity contribution >= 4 is 28.0 Å². The molecule has 0 atom stereocenters. The van der Waals surface area contributed by atoms with E-state index >= 15 is 0 Å². The molecule has 2 N–H and O–H groups in total. The third-order valence-corrected chi connectivity index (χ3v) is 2.11. The molecule has 13 heavy (non-hydrogen) atoms. The molecule has 0 bridgehead atoms. The van der Waals surface area contributed by atoms with Crippen LogP contribution in [-0.2, 0) is 4.79 Å². The summed E-state index contributed by atoms with van der Waals surface area (Å²) in [4.78, 5) is 10.2. The number of hydrogen-bond donors (Lipinski definition) is 2. The van der Waals surface area contributed by atoms with E-state index in [2.05, 4.69) is 15.9 Å². The number of benzene rings is 1. The first-order valence-corrected chi connectivity index (χ1v) is 4.28. The Bertz CT molecular complexity index is 358. The highest BCUT2D eigenvalue weighted by atomic mass is 79.9. The molecule has 0 aliphatic heterocycles. The van der Waals surface area contributed by atoms with Crippen molar-refractivity contribution in [1.29, 1.82) is 0 Å². The van der Waals surface area contributed by atoms with Gasteiger partial charge in [0.15, 0.2) is 0 Å². The Morgan fingerprint density at radius 1 is 1.46 bits per heavy atom. The molecule has 68 valence electrons. The second kappa shape index (κ2) is 4.09. The molecule has 0 aliphatic carbocycles. The second-order valence-electron chi connectivity index (χ2n) is 2.38. The fraction of sp³-hybridized carbons (Fsp3) is 0. The van der Waals surface area contributed by atoms with Crippen LogP contribution in [0.3, 0.4) is 0 Å². The number of aliphatic carboxylic acids is 1. The molecule has 0 radical (unpaired) electrons. The van der Waals surface area contributed by atoms with Crippen LogP contribution in [0, 0.1) is 0 Å². The largest absolute Gasteiger partial charge is 0.508 e. The van der Waals surface area contributed by atoms with Gasteiger partial charge in [0.1, 0.15) is 5.75 Å². The van der Waals surface area contributed by atoms with Gasteiger partial charge < -0.3 is 10.2 Å². The number of phenolic OH excluding ortho intramolecular Hbond substituents is 1. The van der Waals surface area contributed by atoms with Crippen LogP contribution in [0.2, 0.25) is 0 Å². The predicted octanol–water partition coefficient (Wildman–Crippen LogP) is 2.25. The van der Waals surface area contributed by atoms with Gasteiger partial charge in [0.25, 0.3) is 0 Å². The Balaban J connectivity index is 3.00. The van der Waals surface area contributed by atoms with Gasteiger partial charge in [-0.05, 0) is 29.8 Å².